The fourth-order valence-corrected chi connectivity index (χ4v) is 0.510. The van der Waals surface area contributed by atoms with Crippen molar-refractivity contribution in [3.63, 3.8) is 0 Å². The topological polar surface area (TPSA) is 9.23 Å². The summed E-state index contributed by atoms with van der Waals surface area (Å²) in [7, 11) is 0. The molecule has 0 radical (unpaired) electrons. The standard InChI is InChI=1S/C4H8O.ClH.Ti/c1-2-4-5-3-1;;/h1-4H2;1H;. The van der Waals surface area contributed by atoms with Crippen LogP contribution in [0.25, 0.3) is 0 Å². The summed E-state index contributed by atoms with van der Waals surface area (Å²) >= 11 is 0. The van der Waals surface area contributed by atoms with Gasteiger partial charge in [-0.15, -0.1) is 12.4 Å². The van der Waals surface area contributed by atoms with Gasteiger partial charge in [0.2, 0.25) is 0 Å². The van der Waals surface area contributed by atoms with Gasteiger partial charge in [-0.1, -0.05) is 0 Å². The largest absolute Gasteiger partial charge is 0.381 e. The SMILES string of the molecule is C1CCOC1.Cl.[Ti]. The molecule has 0 aromatic heterocycles. The third-order valence-electron chi connectivity index (χ3n) is 0.827. The summed E-state index contributed by atoms with van der Waals surface area (Å²) in [5.41, 5.74) is 0. The molecular formula is C4H9ClOTi. The fraction of sp³-hybridized carbons (Fsp3) is 1.00. The van der Waals surface area contributed by atoms with Crippen LogP contribution < -0.4 is 0 Å². The van der Waals surface area contributed by atoms with E-state index < -0.39 is 0 Å². The van der Waals surface area contributed by atoms with Crippen LogP contribution in [-0.2, 0) is 26.5 Å². The Hall–Kier alpha value is 0.964. The summed E-state index contributed by atoms with van der Waals surface area (Å²) in [6.45, 7) is 2.00. The average molecular weight is 156 g/mol. The molecular weight excluding hydrogens is 147 g/mol. The third kappa shape index (κ3) is 4.82. The fourth-order valence-electron chi connectivity index (χ4n) is 0.510. The molecule has 0 N–H and O–H groups in total. The minimum absolute atomic E-state index is 0. The van der Waals surface area contributed by atoms with Gasteiger partial charge in [0.25, 0.3) is 0 Å². The molecule has 0 unspecified atom stereocenters. The molecule has 1 saturated heterocycles. The number of hydrogen-bond acceptors (Lipinski definition) is 1. The molecule has 0 aromatic rings. The van der Waals surface area contributed by atoms with Crippen molar-refractivity contribution >= 4 is 12.4 Å². The minimum atomic E-state index is 0. The first-order valence-corrected chi connectivity index (χ1v) is 2.08. The summed E-state index contributed by atoms with van der Waals surface area (Å²) in [5, 5.41) is 0. The molecule has 0 aromatic carbocycles. The molecule has 1 fully saturated rings. The first-order chi connectivity index (χ1) is 2.50. The molecule has 1 heterocycles. The van der Waals surface area contributed by atoms with E-state index in [9.17, 15) is 0 Å². The van der Waals surface area contributed by atoms with Crippen LogP contribution in [0.4, 0.5) is 0 Å². The van der Waals surface area contributed by atoms with Gasteiger partial charge in [-0.2, -0.15) is 0 Å². The second kappa shape index (κ2) is 6.96. The molecule has 0 amide bonds. The summed E-state index contributed by atoms with van der Waals surface area (Å²) in [6, 6.07) is 0. The van der Waals surface area contributed by atoms with Crippen LogP contribution in [0.15, 0.2) is 0 Å². The van der Waals surface area contributed by atoms with E-state index >= 15 is 0 Å². The second-order valence-corrected chi connectivity index (χ2v) is 1.32. The van der Waals surface area contributed by atoms with Gasteiger partial charge < -0.3 is 4.74 Å². The summed E-state index contributed by atoms with van der Waals surface area (Å²) in [6.07, 6.45) is 2.56. The van der Waals surface area contributed by atoms with E-state index in [0.29, 0.717) is 0 Å². The molecule has 0 aliphatic carbocycles. The number of halogens is 1. The van der Waals surface area contributed by atoms with Crippen LogP contribution in [0.3, 0.4) is 0 Å². The van der Waals surface area contributed by atoms with Crippen molar-refractivity contribution < 1.29 is 26.5 Å². The Morgan fingerprint density at radius 3 is 1.57 bits per heavy atom. The van der Waals surface area contributed by atoms with E-state index in [-0.39, 0.29) is 34.1 Å². The van der Waals surface area contributed by atoms with Gasteiger partial charge in [-0.25, -0.2) is 0 Å². The maximum Gasteiger partial charge on any atom is 0.0466 e. The van der Waals surface area contributed by atoms with Crippen LogP contribution in [-0.4, -0.2) is 13.2 Å². The van der Waals surface area contributed by atoms with E-state index in [1.807, 2.05) is 0 Å². The van der Waals surface area contributed by atoms with Crippen molar-refractivity contribution in [1.29, 1.82) is 0 Å². The van der Waals surface area contributed by atoms with Gasteiger partial charge in [0, 0.05) is 34.9 Å². The maximum atomic E-state index is 4.94. The quantitative estimate of drug-likeness (QED) is 0.479. The van der Waals surface area contributed by atoms with Crippen LogP contribution >= 0.6 is 12.4 Å². The zero-order valence-corrected chi connectivity index (χ0v) is 6.52. The predicted molar refractivity (Wildman–Crippen MR) is 27.3 cm³/mol. The van der Waals surface area contributed by atoms with E-state index in [4.69, 9.17) is 4.74 Å². The van der Waals surface area contributed by atoms with Gasteiger partial charge in [0.15, 0.2) is 0 Å². The van der Waals surface area contributed by atoms with Crippen LogP contribution in [0, 0.1) is 0 Å². The molecule has 0 bridgehead atoms. The normalized spacial score (nSPS) is 17.1. The number of ether oxygens (including phenoxy) is 1. The third-order valence-corrected chi connectivity index (χ3v) is 0.827. The van der Waals surface area contributed by atoms with E-state index in [1.165, 1.54) is 12.8 Å². The van der Waals surface area contributed by atoms with Gasteiger partial charge in [-0.05, 0) is 12.8 Å². The van der Waals surface area contributed by atoms with Crippen molar-refractivity contribution in [1.82, 2.24) is 0 Å². The van der Waals surface area contributed by atoms with Gasteiger partial charge in [-0.3, -0.25) is 0 Å². The molecule has 0 saturated carbocycles. The Morgan fingerprint density at radius 1 is 1.00 bits per heavy atom. The van der Waals surface area contributed by atoms with Gasteiger partial charge in [0.1, 0.15) is 0 Å². The molecule has 3 heteroatoms. The zero-order valence-electron chi connectivity index (χ0n) is 4.14. The Morgan fingerprint density at radius 2 is 1.43 bits per heavy atom. The molecule has 0 spiro atoms. The van der Waals surface area contributed by atoms with Crippen molar-refractivity contribution in [2.24, 2.45) is 0 Å². The Labute approximate surface area is 65.1 Å². The average Bonchev–Trinajstić information content (AvgIpc) is 1.76. The van der Waals surface area contributed by atoms with Crippen molar-refractivity contribution in [3.8, 4) is 0 Å². The van der Waals surface area contributed by atoms with Gasteiger partial charge >= 0.3 is 0 Å². The first-order valence-electron chi connectivity index (χ1n) is 2.08. The molecule has 1 aliphatic rings. The summed E-state index contributed by atoms with van der Waals surface area (Å²) < 4.78 is 4.94. The number of rotatable bonds is 0. The molecule has 42 valence electrons. The second-order valence-electron chi connectivity index (χ2n) is 1.32. The molecule has 1 rings (SSSR count). The Kier molecular flexibility index (Phi) is 10.8. The smallest absolute Gasteiger partial charge is 0.0466 e. The van der Waals surface area contributed by atoms with E-state index in [2.05, 4.69) is 0 Å². The predicted octanol–water partition coefficient (Wildman–Crippen LogP) is 1.22. The summed E-state index contributed by atoms with van der Waals surface area (Å²) in [4.78, 5) is 0. The Bertz CT molecular complexity index is 23.3. The molecule has 1 aliphatic heterocycles. The minimum Gasteiger partial charge on any atom is -0.381 e. The van der Waals surface area contributed by atoms with E-state index in [0.717, 1.165) is 13.2 Å². The van der Waals surface area contributed by atoms with Crippen LogP contribution in [0.1, 0.15) is 12.8 Å². The molecule has 1 nitrogen and oxygen atoms in total. The van der Waals surface area contributed by atoms with E-state index in [1.54, 1.807) is 0 Å². The number of hydrogen-bond donors (Lipinski definition) is 0. The zero-order chi connectivity index (χ0) is 3.54. The first kappa shape index (κ1) is 10.9. The summed E-state index contributed by atoms with van der Waals surface area (Å²) in [5.74, 6) is 0. The molecule has 7 heavy (non-hydrogen) atoms. The van der Waals surface area contributed by atoms with Crippen molar-refractivity contribution in [2.75, 3.05) is 13.2 Å². The Balaban J connectivity index is 0. The van der Waals surface area contributed by atoms with Crippen LogP contribution in [0.2, 0.25) is 0 Å². The van der Waals surface area contributed by atoms with Crippen molar-refractivity contribution in [2.45, 2.75) is 12.8 Å². The maximum absolute atomic E-state index is 4.94. The monoisotopic (exact) mass is 156 g/mol. The van der Waals surface area contributed by atoms with Crippen LogP contribution in [0.5, 0.6) is 0 Å². The van der Waals surface area contributed by atoms with Crippen molar-refractivity contribution in [3.05, 3.63) is 0 Å². The molecule has 0 atom stereocenters. The van der Waals surface area contributed by atoms with Gasteiger partial charge in [0.05, 0.1) is 0 Å².